The zero-order chi connectivity index (χ0) is 10.7. The molecule has 1 aromatic carbocycles. The van der Waals surface area contributed by atoms with Gasteiger partial charge in [0.2, 0.25) is 0 Å². The van der Waals surface area contributed by atoms with Gasteiger partial charge in [-0.05, 0) is 55.2 Å². The number of benzene rings is 1. The van der Waals surface area contributed by atoms with Crippen molar-refractivity contribution in [3.8, 4) is 0 Å². The normalized spacial score (nSPS) is 17.7. The second-order valence-electron chi connectivity index (χ2n) is 4.26. The smallest absolute Gasteiger partial charge is 0.0417 e. The van der Waals surface area contributed by atoms with Gasteiger partial charge in [-0.2, -0.15) is 0 Å². The molecule has 1 nitrogen and oxygen atoms in total. The van der Waals surface area contributed by atoms with Gasteiger partial charge in [0.25, 0.3) is 0 Å². The first kappa shape index (κ1) is 11.3. The molecule has 82 valence electrons. The van der Waals surface area contributed by atoms with Crippen LogP contribution < -0.4 is 5.73 Å². The van der Waals surface area contributed by atoms with E-state index in [2.05, 4.69) is 6.07 Å². The van der Waals surface area contributed by atoms with Crippen LogP contribution in [-0.4, -0.2) is 12.3 Å². The van der Waals surface area contributed by atoms with Crippen molar-refractivity contribution in [2.45, 2.75) is 24.2 Å². The Morgan fingerprint density at radius 1 is 1.40 bits per heavy atom. The van der Waals surface area contributed by atoms with Gasteiger partial charge in [-0.1, -0.05) is 17.7 Å². The van der Waals surface area contributed by atoms with Crippen molar-refractivity contribution in [2.75, 3.05) is 12.3 Å². The molecule has 2 rings (SSSR count). The Balaban J connectivity index is 1.78. The summed E-state index contributed by atoms with van der Waals surface area (Å²) in [4.78, 5) is 1.26. The molecule has 1 aromatic rings. The van der Waals surface area contributed by atoms with Gasteiger partial charge in [0.05, 0.1) is 0 Å². The molecule has 0 bridgehead atoms. The Hall–Kier alpha value is -0.180. The fourth-order valence-corrected chi connectivity index (χ4v) is 3.09. The highest BCUT2D eigenvalue weighted by molar-refractivity contribution is 7.99. The van der Waals surface area contributed by atoms with Crippen molar-refractivity contribution in [1.29, 1.82) is 0 Å². The van der Waals surface area contributed by atoms with Gasteiger partial charge >= 0.3 is 0 Å². The fourth-order valence-electron chi connectivity index (χ4n) is 1.68. The number of halogens is 1. The molecular weight excluding hydrogens is 226 g/mol. The van der Waals surface area contributed by atoms with Crippen LogP contribution in [0.2, 0.25) is 5.02 Å². The zero-order valence-electron chi connectivity index (χ0n) is 8.71. The van der Waals surface area contributed by atoms with Crippen LogP contribution in [0.15, 0.2) is 29.2 Å². The molecule has 0 aromatic heterocycles. The predicted molar refractivity (Wildman–Crippen MR) is 67.5 cm³/mol. The molecule has 0 unspecified atom stereocenters. The Morgan fingerprint density at radius 3 is 2.80 bits per heavy atom. The molecule has 1 aliphatic rings. The molecule has 0 atom stereocenters. The third-order valence-corrected chi connectivity index (χ3v) is 4.32. The highest BCUT2D eigenvalue weighted by atomic mass is 35.5. The van der Waals surface area contributed by atoms with Crippen LogP contribution in [0, 0.1) is 5.41 Å². The highest BCUT2D eigenvalue weighted by Crippen LogP contribution is 2.48. The second-order valence-corrected chi connectivity index (χ2v) is 5.86. The highest BCUT2D eigenvalue weighted by Gasteiger charge is 2.40. The number of rotatable bonds is 5. The van der Waals surface area contributed by atoms with Gasteiger partial charge in [-0.15, -0.1) is 11.8 Å². The summed E-state index contributed by atoms with van der Waals surface area (Å²) in [6.07, 6.45) is 3.87. The van der Waals surface area contributed by atoms with E-state index in [0.717, 1.165) is 17.3 Å². The monoisotopic (exact) mass is 241 g/mol. The minimum absolute atomic E-state index is 0.492. The largest absolute Gasteiger partial charge is 0.330 e. The van der Waals surface area contributed by atoms with Gasteiger partial charge < -0.3 is 5.73 Å². The standard InChI is InChI=1S/C12H16ClNS/c13-10-2-1-3-11(8-10)15-7-6-12(9-14)4-5-12/h1-3,8H,4-7,9,14H2. The van der Waals surface area contributed by atoms with E-state index < -0.39 is 0 Å². The van der Waals surface area contributed by atoms with E-state index in [1.54, 1.807) is 0 Å². The predicted octanol–water partition coefficient (Wildman–Crippen LogP) is 3.56. The summed E-state index contributed by atoms with van der Waals surface area (Å²) in [5.41, 5.74) is 6.23. The number of thioether (sulfide) groups is 1. The summed E-state index contributed by atoms with van der Waals surface area (Å²) < 4.78 is 0. The van der Waals surface area contributed by atoms with Crippen LogP contribution in [0.5, 0.6) is 0 Å². The van der Waals surface area contributed by atoms with Gasteiger partial charge in [-0.3, -0.25) is 0 Å². The first-order valence-corrected chi connectivity index (χ1v) is 6.69. The van der Waals surface area contributed by atoms with Crippen LogP contribution in [-0.2, 0) is 0 Å². The lowest BCUT2D eigenvalue weighted by atomic mass is 10.1. The van der Waals surface area contributed by atoms with Crippen LogP contribution >= 0.6 is 23.4 Å². The minimum atomic E-state index is 0.492. The average Bonchev–Trinajstić information content (AvgIpc) is 2.99. The summed E-state index contributed by atoms with van der Waals surface area (Å²) in [5, 5.41) is 0.819. The molecule has 0 spiro atoms. The Morgan fingerprint density at radius 2 is 2.20 bits per heavy atom. The van der Waals surface area contributed by atoms with E-state index in [-0.39, 0.29) is 0 Å². The molecule has 1 saturated carbocycles. The van der Waals surface area contributed by atoms with Crippen molar-refractivity contribution < 1.29 is 0 Å². The molecule has 0 aliphatic heterocycles. The number of nitrogens with two attached hydrogens (primary N) is 1. The lowest BCUT2D eigenvalue weighted by molar-refractivity contribution is 0.509. The Kier molecular flexibility index (Phi) is 3.60. The van der Waals surface area contributed by atoms with E-state index in [1.807, 2.05) is 30.0 Å². The summed E-state index contributed by atoms with van der Waals surface area (Å²) in [5.74, 6) is 1.15. The summed E-state index contributed by atoms with van der Waals surface area (Å²) >= 11 is 7.80. The molecule has 15 heavy (non-hydrogen) atoms. The van der Waals surface area contributed by atoms with E-state index in [4.69, 9.17) is 17.3 Å². The van der Waals surface area contributed by atoms with Crippen molar-refractivity contribution in [1.82, 2.24) is 0 Å². The van der Waals surface area contributed by atoms with Crippen molar-refractivity contribution in [3.63, 3.8) is 0 Å². The van der Waals surface area contributed by atoms with Crippen LogP contribution in [0.25, 0.3) is 0 Å². The molecule has 0 heterocycles. The SMILES string of the molecule is NCC1(CCSc2cccc(Cl)c2)CC1. The van der Waals surface area contributed by atoms with Crippen LogP contribution in [0.3, 0.4) is 0 Å². The molecule has 0 saturated heterocycles. The van der Waals surface area contributed by atoms with Crippen LogP contribution in [0.1, 0.15) is 19.3 Å². The van der Waals surface area contributed by atoms with Crippen molar-refractivity contribution in [3.05, 3.63) is 29.3 Å². The quantitative estimate of drug-likeness (QED) is 0.798. The molecule has 3 heteroatoms. The first-order valence-electron chi connectivity index (χ1n) is 5.33. The summed E-state index contributed by atoms with van der Waals surface area (Å²) in [6, 6.07) is 8.04. The first-order chi connectivity index (χ1) is 7.24. The van der Waals surface area contributed by atoms with E-state index in [9.17, 15) is 0 Å². The van der Waals surface area contributed by atoms with Crippen molar-refractivity contribution >= 4 is 23.4 Å². The minimum Gasteiger partial charge on any atom is -0.330 e. The van der Waals surface area contributed by atoms with E-state index in [1.165, 1.54) is 24.2 Å². The Labute approximate surface area is 100 Å². The molecular formula is C12H16ClNS. The van der Waals surface area contributed by atoms with Crippen LogP contribution in [0.4, 0.5) is 0 Å². The maximum atomic E-state index is 5.92. The number of hydrogen-bond donors (Lipinski definition) is 1. The molecule has 1 aliphatic carbocycles. The topological polar surface area (TPSA) is 26.0 Å². The van der Waals surface area contributed by atoms with E-state index >= 15 is 0 Å². The molecule has 2 N–H and O–H groups in total. The Bertz CT molecular complexity index is 336. The summed E-state index contributed by atoms with van der Waals surface area (Å²) in [7, 11) is 0. The maximum absolute atomic E-state index is 5.92. The second kappa shape index (κ2) is 4.77. The molecule has 0 radical (unpaired) electrons. The van der Waals surface area contributed by atoms with Gasteiger partial charge in [0.1, 0.15) is 0 Å². The number of hydrogen-bond acceptors (Lipinski definition) is 2. The average molecular weight is 242 g/mol. The van der Waals surface area contributed by atoms with Gasteiger partial charge in [0.15, 0.2) is 0 Å². The third-order valence-electron chi connectivity index (χ3n) is 3.09. The third kappa shape index (κ3) is 3.13. The van der Waals surface area contributed by atoms with Crippen molar-refractivity contribution in [2.24, 2.45) is 11.1 Å². The fraction of sp³-hybridized carbons (Fsp3) is 0.500. The van der Waals surface area contributed by atoms with Gasteiger partial charge in [0, 0.05) is 9.92 Å². The molecule has 1 fully saturated rings. The summed E-state index contributed by atoms with van der Waals surface area (Å²) in [6.45, 7) is 0.850. The van der Waals surface area contributed by atoms with E-state index in [0.29, 0.717) is 5.41 Å². The lowest BCUT2D eigenvalue weighted by Crippen LogP contribution is -2.15. The zero-order valence-corrected chi connectivity index (χ0v) is 10.3. The maximum Gasteiger partial charge on any atom is 0.0417 e. The lowest BCUT2D eigenvalue weighted by Gasteiger charge is -2.11. The molecule has 0 amide bonds. The van der Waals surface area contributed by atoms with Gasteiger partial charge in [-0.25, -0.2) is 0 Å².